The van der Waals surface area contributed by atoms with Gasteiger partial charge in [-0.15, -0.1) is 12.4 Å². The van der Waals surface area contributed by atoms with Crippen LogP contribution in [-0.4, -0.2) is 30.5 Å². The number of amides is 1. The number of nitrogens with zero attached hydrogens (tertiary/aromatic N) is 1. The number of halogens is 2. The summed E-state index contributed by atoms with van der Waals surface area (Å²) in [6, 6.07) is 14.8. The molecular weight excluding hydrogens is 367 g/mol. The van der Waals surface area contributed by atoms with Gasteiger partial charge in [-0.25, -0.2) is 4.39 Å². The van der Waals surface area contributed by atoms with Crippen LogP contribution in [0.2, 0.25) is 0 Å². The molecule has 1 aliphatic rings. The van der Waals surface area contributed by atoms with Crippen LogP contribution in [-0.2, 0) is 11.3 Å². The van der Waals surface area contributed by atoms with Crippen molar-refractivity contribution in [3.05, 3.63) is 65.5 Å². The molecule has 2 aromatic carbocycles. The van der Waals surface area contributed by atoms with Crippen LogP contribution in [0, 0.1) is 5.82 Å². The van der Waals surface area contributed by atoms with Gasteiger partial charge in [0.25, 0.3) is 0 Å². The van der Waals surface area contributed by atoms with E-state index >= 15 is 0 Å². The molecule has 146 valence electrons. The minimum absolute atomic E-state index is 0. The molecule has 0 bridgehead atoms. The third-order valence-electron chi connectivity index (χ3n) is 4.88. The molecule has 27 heavy (non-hydrogen) atoms. The van der Waals surface area contributed by atoms with Gasteiger partial charge in [0.2, 0.25) is 5.91 Å². The number of rotatable bonds is 5. The van der Waals surface area contributed by atoms with Crippen molar-refractivity contribution in [1.82, 2.24) is 10.2 Å². The largest absolute Gasteiger partial charge is 0.497 e. The minimum Gasteiger partial charge on any atom is -0.497 e. The predicted molar refractivity (Wildman–Crippen MR) is 107 cm³/mol. The van der Waals surface area contributed by atoms with E-state index in [-0.39, 0.29) is 36.2 Å². The van der Waals surface area contributed by atoms with Crippen LogP contribution in [0.3, 0.4) is 0 Å². The van der Waals surface area contributed by atoms with Crippen LogP contribution in [0.5, 0.6) is 5.75 Å². The summed E-state index contributed by atoms with van der Waals surface area (Å²) < 4.78 is 18.5. The van der Waals surface area contributed by atoms with E-state index in [4.69, 9.17) is 4.74 Å². The average Bonchev–Trinajstić information content (AvgIpc) is 2.64. The molecular formula is C21H26ClFN2O2. The topological polar surface area (TPSA) is 41.6 Å². The number of methoxy groups -OCH3 is 1. The Morgan fingerprint density at radius 1 is 1.19 bits per heavy atom. The zero-order chi connectivity index (χ0) is 18.5. The zero-order valence-corrected chi connectivity index (χ0v) is 16.5. The van der Waals surface area contributed by atoms with Gasteiger partial charge in [0.1, 0.15) is 11.6 Å². The second kappa shape index (κ2) is 9.72. The lowest BCUT2D eigenvalue weighted by molar-refractivity contribution is -0.120. The Balaban J connectivity index is 0.00000261. The van der Waals surface area contributed by atoms with E-state index in [1.54, 1.807) is 14.0 Å². The lowest BCUT2D eigenvalue weighted by Gasteiger charge is -2.42. The third kappa shape index (κ3) is 5.44. The van der Waals surface area contributed by atoms with Gasteiger partial charge in [-0.05, 0) is 54.8 Å². The zero-order valence-electron chi connectivity index (χ0n) is 15.7. The Hall–Kier alpha value is -2.11. The van der Waals surface area contributed by atoms with Crippen molar-refractivity contribution in [2.45, 2.75) is 38.4 Å². The first-order valence-corrected chi connectivity index (χ1v) is 8.96. The third-order valence-corrected chi connectivity index (χ3v) is 4.88. The molecule has 2 atom stereocenters. The first kappa shape index (κ1) is 21.2. The maximum atomic E-state index is 13.2. The van der Waals surface area contributed by atoms with Crippen LogP contribution in [0.4, 0.5) is 4.39 Å². The molecule has 1 aliphatic heterocycles. The Morgan fingerprint density at radius 2 is 1.85 bits per heavy atom. The lowest BCUT2D eigenvalue weighted by atomic mass is 9.89. The van der Waals surface area contributed by atoms with Crippen molar-refractivity contribution in [2.75, 3.05) is 13.7 Å². The molecule has 1 unspecified atom stereocenters. The summed E-state index contributed by atoms with van der Waals surface area (Å²) in [6.45, 7) is 3.21. The molecule has 1 heterocycles. The van der Waals surface area contributed by atoms with E-state index in [1.807, 2.05) is 24.3 Å². The fraction of sp³-hybridized carbons (Fsp3) is 0.381. The fourth-order valence-electron chi connectivity index (χ4n) is 3.72. The highest BCUT2D eigenvalue weighted by Crippen LogP contribution is 2.33. The van der Waals surface area contributed by atoms with Crippen LogP contribution >= 0.6 is 12.4 Å². The standard InChI is InChI=1S/C21H25FN2O2.ClH/c1-15(25)23-20-4-3-13-24(14-16-5-9-18(22)10-6-16)21(20)17-7-11-19(26-2)12-8-17;/h5-12,20-21H,3-4,13-14H2,1-2H3,(H,23,25);1H/t20-,21?;/m1./s1. The van der Waals surface area contributed by atoms with Crippen molar-refractivity contribution in [2.24, 2.45) is 0 Å². The summed E-state index contributed by atoms with van der Waals surface area (Å²) in [5.41, 5.74) is 2.21. The van der Waals surface area contributed by atoms with Gasteiger partial charge in [0.15, 0.2) is 0 Å². The molecule has 2 aromatic rings. The van der Waals surface area contributed by atoms with Gasteiger partial charge in [-0.2, -0.15) is 0 Å². The van der Waals surface area contributed by atoms with E-state index in [1.165, 1.54) is 12.1 Å². The van der Waals surface area contributed by atoms with Crippen molar-refractivity contribution < 1.29 is 13.9 Å². The van der Waals surface area contributed by atoms with Crippen LogP contribution in [0.25, 0.3) is 0 Å². The first-order chi connectivity index (χ1) is 12.6. The molecule has 4 nitrogen and oxygen atoms in total. The van der Waals surface area contributed by atoms with E-state index in [2.05, 4.69) is 22.3 Å². The number of carbonyl (C=O) groups is 1. The monoisotopic (exact) mass is 392 g/mol. The summed E-state index contributed by atoms with van der Waals surface area (Å²) in [4.78, 5) is 14.1. The number of hydrogen-bond donors (Lipinski definition) is 1. The van der Waals surface area contributed by atoms with E-state index in [0.717, 1.165) is 36.3 Å². The highest BCUT2D eigenvalue weighted by Gasteiger charge is 2.33. The van der Waals surface area contributed by atoms with E-state index in [0.29, 0.717) is 6.54 Å². The van der Waals surface area contributed by atoms with Crippen molar-refractivity contribution >= 4 is 18.3 Å². The number of hydrogen-bond acceptors (Lipinski definition) is 3. The first-order valence-electron chi connectivity index (χ1n) is 8.96. The van der Waals surface area contributed by atoms with Gasteiger partial charge in [0.05, 0.1) is 13.2 Å². The second-order valence-corrected chi connectivity index (χ2v) is 6.76. The molecule has 0 aromatic heterocycles. The highest BCUT2D eigenvalue weighted by atomic mass is 35.5. The van der Waals surface area contributed by atoms with Crippen LogP contribution < -0.4 is 10.1 Å². The number of carbonyl (C=O) groups excluding carboxylic acids is 1. The molecule has 3 rings (SSSR count). The summed E-state index contributed by atoms with van der Waals surface area (Å²) >= 11 is 0. The van der Waals surface area contributed by atoms with Crippen molar-refractivity contribution in [1.29, 1.82) is 0 Å². The molecule has 0 saturated carbocycles. The Morgan fingerprint density at radius 3 is 2.44 bits per heavy atom. The SMILES string of the molecule is COc1ccc(C2[C@H](NC(C)=O)CCCN2Cc2ccc(F)cc2)cc1.Cl. The van der Waals surface area contributed by atoms with Gasteiger partial charge in [0, 0.05) is 19.5 Å². The normalized spacial score (nSPS) is 19.8. The molecule has 6 heteroatoms. The number of nitrogens with one attached hydrogen (secondary N) is 1. The molecule has 1 saturated heterocycles. The Bertz CT molecular complexity index is 737. The quantitative estimate of drug-likeness (QED) is 0.833. The lowest BCUT2D eigenvalue weighted by Crippen LogP contribution is -2.49. The number of piperidine rings is 1. The smallest absolute Gasteiger partial charge is 0.217 e. The predicted octanol–water partition coefficient (Wildman–Crippen LogP) is 4.10. The van der Waals surface area contributed by atoms with E-state index in [9.17, 15) is 9.18 Å². The summed E-state index contributed by atoms with van der Waals surface area (Å²) in [5.74, 6) is 0.568. The summed E-state index contributed by atoms with van der Waals surface area (Å²) in [5, 5.41) is 3.11. The maximum Gasteiger partial charge on any atom is 0.217 e. The van der Waals surface area contributed by atoms with Crippen molar-refractivity contribution in [3.8, 4) is 5.75 Å². The maximum absolute atomic E-state index is 13.2. The summed E-state index contributed by atoms with van der Waals surface area (Å²) in [7, 11) is 1.65. The van der Waals surface area contributed by atoms with Gasteiger partial charge in [-0.3, -0.25) is 9.69 Å². The Labute approximate surface area is 166 Å². The Kier molecular flexibility index (Phi) is 7.63. The number of ether oxygens (including phenoxy) is 1. The summed E-state index contributed by atoms with van der Waals surface area (Å²) in [6.07, 6.45) is 1.95. The van der Waals surface area contributed by atoms with Crippen LogP contribution in [0.1, 0.15) is 36.9 Å². The van der Waals surface area contributed by atoms with Gasteiger partial charge >= 0.3 is 0 Å². The number of benzene rings is 2. The molecule has 0 aliphatic carbocycles. The number of likely N-dealkylation sites (tertiary alicyclic amines) is 1. The molecule has 1 N–H and O–H groups in total. The minimum atomic E-state index is -0.227. The van der Waals surface area contributed by atoms with Crippen molar-refractivity contribution in [3.63, 3.8) is 0 Å². The molecule has 0 spiro atoms. The van der Waals surface area contributed by atoms with Gasteiger partial charge in [-0.1, -0.05) is 24.3 Å². The fourth-order valence-corrected chi connectivity index (χ4v) is 3.72. The highest BCUT2D eigenvalue weighted by molar-refractivity contribution is 5.85. The average molecular weight is 393 g/mol. The molecule has 1 amide bonds. The molecule has 0 radical (unpaired) electrons. The van der Waals surface area contributed by atoms with Gasteiger partial charge < -0.3 is 10.1 Å². The van der Waals surface area contributed by atoms with E-state index < -0.39 is 0 Å². The van der Waals surface area contributed by atoms with Crippen LogP contribution in [0.15, 0.2) is 48.5 Å². The molecule has 1 fully saturated rings. The second-order valence-electron chi connectivity index (χ2n) is 6.76.